The highest BCUT2D eigenvalue weighted by Crippen LogP contribution is 2.65. The second kappa shape index (κ2) is 5.60. The minimum absolute atomic E-state index is 0.110. The number of likely N-dealkylation sites (N-methyl/N-ethyl adjacent to an activating group) is 1. The molecule has 6 rings (SSSR count). The first kappa shape index (κ1) is 16.8. The molecule has 1 N–H and O–H groups in total. The van der Waals surface area contributed by atoms with E-state index in [1.807, 2.05) is 25.4 Å². The van der Waals surface area contributed by atoms with Crippen molar-refractivity contribution in [2.45, 2.75) is 57.7 Å². The Morgan fingerprint density at radius 2 is 2.04 bits per heavy atom. The minimum atomic E-state index is -0.209. The number of hydrogen-bond donors (Lipinski definition) is 1. The van der Waals surface area contributed by atoms with Gasteiger partial charge < -0.3 is 19.0 Å². The predicted molar refractivity (Wildman–Crippen MR) is 103 cm³/mol. The van der Waals surface area contributed by atoms with Gasteiger partial charge in [-0.1, -0.05) is 32.0 Å². The van der Waals surface area contributed by atoms with Gasteiger partial charge in [0.25, 0.3) is 0 Å². The summed E-state index contributed by atoms with van der Waals surface area (Å²) in [6.45, 7) is 7.08. The summed E-state index contributed by atoms with van der Waals surface area (Å²) in [7, 11) is 1.78. The van der Waals surface area contributed by atoms with Crippen molar-refractivity contribution in [2.24, 2.45) is 17.3 Å². The summed E-state index contributed by atoms with van der Waals surface area (Å²) < 4.78 is 18.8. The number of fused-ring (bicyclic) bond motifs is 1. The molecule has 3 aliphatic carbocycles. The third-order valence-electron chi connectivity index (χ3n) is 7.67. The van der Waals surface area contributed by atoms with Gasteiger partial charge in [-0.3, -0.25) is 0 Å². The zero-order valence-electron chi connectivity index (χ0n) is 16.1. The van der Waals surface area contributed by atoms with Crippen molar-refractivity contribution in [3.05, 3.63) is 36.1 Å². The zero-order chi connectivity index (χ0) is 18.1. The van der Waals surface area contributed by atoms with Crippen LogP contribution in [0.1, 0.15) is 39.2 Å². The maximum Gasteiger partial charge on any atom is 0.476 e. The van der Waals surface area contributed by atoms with Crippen molar-refractivity contribution in [1.29, 1.82) is 0 Å². The number of rotatable bonds is 4. The molecular weight excluding hydrogens is 325 g/mol. The molecule has 5 heteroatoms. The van der Waals surface area contributed by atoms with E-state index in [1.165, 1.54) is 17.4 Å². The molecule has 1 aliphatic heterocycles. The number of para-hydroxylation sites is 1. The van der Waals surface area contributed by atoms with Gasteiger partial charge in [0.1, 0.15) is 5.58 Å². The number of hydrogen-bond acceptors (Lipinski definition) is 4. The largest absolute Gasteiger partial charge is 0.476 e. The summed E-state index contributed by atoms with van der Waals surface area (Å²) in [5.74, 6) is 1.48. The van der Waals surface area contributed by atoms with E-state index in [1.54, 1.807) is 0 Å². The summed E-state index contributed by atoms with van der Waals surface area (Å²) in [6.07, 6.45) is 5.34. The highest BCUT2D eigenvalue weighted by molar-refractivity contribution is 6.47. The third-order valence-corrected chi connectivity index (χ3v) is 7.67. The Hall–Kier alpha value is -1.30. The first-order valence-electron chi connectivity index (χ1n) is 9.89. The molecule has 138 valence electrons. The maximum atomic E-state index is 6.64. The smallest absolute Gasteiger partial charge is 0.464 e. The first-order chi connectivity index (χ1) is 12.4. The lowest BCUT2D eigenvalue weighted by Gasteiger charge is -2.64. The van der Waals surface area contributed by atoms with E-state index >= 15 is 0 Å². The lowest BCUT2D eigenvalue weighted by Crippen LogP contribution is -2.65. The Balaban J connectivity index is 1.38. The van der Waals surface area contributed by atoms with Gasteiger partial charge in [-0.05, 0) is 62.1 Å². The molecule has 0 radical (unpaired) electrons. The summed E-state index contributed by atoms with van der Waals surface area (Å²) in [5, 5.41) is 4.61. The van der Waals surface area contributed by atoms with E-state index < -0.39 is 0 Å². The molecule has 26 heavy (non-hydrogen) atoms. The molecule has 2 heterocycles. The van der Waals surface area contributed by atoms with Crippen molar-refractivity contribution in [3.8, 4) is 0 Å². The van der Waals surface area contributed by atoms with Crippen LogP contribution in [-0.4, -0.2) is 31.8 Å². The van der Waals surface area contributed by atoms with Gasteiger partial charge in [-0.15, -0.1) is 0 Å². The molecule has 2 aromatic rings. The molecule has 5 atom stereocenters. The predicted octanol–water partition coefficient (Wildman–Crippen LogP) is 3.83. The van der Waals surface area contributed by atoms with Gasteiger partial charge in [0.05, 0.1) is 18.0 Å². The molecule has 3 unspecified atom stereocenters. The zero-order valence-corrected chi connectivity index (χ0v) is 16.1. The lowest BCUT2D eigenvalue weighted by atomic mass is 9.43. The second-order valence-electron chi connectivity index (χ2n) is 9.19. The van der Waals surface area contributed by atoms with Crippen molar-refractivity contribution >= 4 is 18.1 Å². The fourth-order valence-corrected chi connectivity index (χ4v) is 5.83. The molecular formula is C21H28BNO3. The molecule has 3 saturated carbocycles. The SMILES string of the molecule is CNC(Cc1coc2ccccc12)B1O[C@@H]2CC3CC(C3(C)C)[C@]2(C)O1. The van der Waals surface area contributed by atoms with Crippen molar-refractivity contribution < 1.29 is 13.7 Å². The van der Waals surface area contributed by atoms with Crippen molar-refractivity contribution in [1.82, 2.24) is 5.32 Å². The van der Waals surface area contributed by atoms with Gasteiger partial charge >= 0.3 is 7.12 Å². The van der Waals surface area contributed by atoms with Crippen molar-refractivity contribution in [2.75, 3.05) is 7.05 Å². The van der Waals surface area contributed by atoms with Gasteiger partial charge in [0, 0.05) is 11.3 Å². The molecule has 4 fully saturated rings. The maximum absolute atomic E-state index is 6.64. The summed E-state index contributed by atoms with van der Waals surface area (Å²) in [4.78, 5) is 0. The lowest BCUT2D eigenvalue weighted by molar-refractivity contribution is -0.199. The third kappa shape index (κ3) is 2.20. The minimum Gasteiger partial charge on any atom is -0.464 e. The van der Waals surface area contributed by atoms with Gasteiger partial charge in [-0.2, -0.15) is 0 Å². The Morgan fingerprint density at radius 1 is 1.23 bits per heavy atom. The van der Waals surface area contributed by atoms with Crippen LogP contribution >= 0.6 is 0 Å². The van der Waals surface area contributed by atoms with Crippen LogP contribution in [0.3, 0.4) is 0 Å². The summed E-state index contributed by atoms with van der Waals surface area (Å²) >= 11 is 0. The quantitative estimate of drug-likeness (QED) is 0.849. The van der Waals surface area contributed by atoms with Crippen LogP contribution in [0.2, 0.25) is 0 Å². The van der Waals surface area contributed by atoms with Gasteiger partial charge in [-0.25, -0.2) is 0 Å². The number of benzene rings is 1. The van der Waals surface area contributed by atoms with Crippen LogP contribution in [0.15, 0.2) is 34.9 Å². The molecule has 0 spiro atoms. The molecule has 1 aromatic carbocycles. The highest BCUT2D eigenvalue weighted by atomic mass is 16.7. The van der Waals surface area contributed by atoms with E-state index in [4.69, 9.17) is 13.7 Å². The summed E-state index contributed by atoms with van der Waals surface area (Å²) in [5.41, 5.74) is 2.36. The van der Waals surface area contributed by atoms with E-state index in [0.717, 1.165) is 24.3 Å². The molecule has 1 aromatic heterocycles. The van der Waals surface area contributed by atoms with E-state index in [-0.39, 0.29) is 24.8 Å². The van der Waals surface area contributed by atoms with Crippen LogP contribution in [0.5, 0.6) is 0 Å². The fraction of sp³-hybridized carbons (Fsp3) is 0.619. The van der Waals surface area contributed by atoms with E-state index in [9.17, 15) is 0 Å². The van der Waals surface area contributed by atoms with Crippen molar-refractivity contribution in [3.63, 3.8) is 0 Å². The molecule has 0 amide bonds. The Labute approximate surface area is 155 Å². The Kier molecular flexibility index (Phi) is 3.63. The highest BCUT2D eigenvalue weighted by Gasteiger charge is 2.68. The number of nitrogens with one attached hydrogen (secondary N) is 1. The van der Waals surface area contributed by atoms with Crippen LogP contribution in [0, 0.1) is 17.3 Å². The van der Waals surface area contributed by atoms with Crippen LogP contribution < -0.4 is 5.32 Å². The standard InChI is InChI=1S/C21H28BNO3/c1-20(2)14-10-17(20)21(3)18(11-14)25-22(26-21)19(23-4)9-13-12-24-16-8-6-5-7-15(13)16/h5-8,12,14,17-19,23H,9-11H2,1-4H3/t14?,17?,18-,19?,21+/m1/s1. The second-order valence-corrected chi connectivity index (χ2v) is 9.19. The average molecular weight is 353 g/mol. The first-order valence-corrected chi connectivity index (χ1v) is 9.89. The van der Waals surface area contributed by atoms with Gasteiger partial charge in [0.2, 0.25) is 0 Å². The molecule has 1 saturated heterocycles. The van der Waals surface area contributed by atoms with E-state index in [0.29, 0.717) is 11.3 Å². The van der Waals surface area contributed by atoms with E-state index in [2.05, 4.69) is 38.2 Å². The molecule has 2 bridgehead atoms. The molecule has 4 nitrogen and oxygen atoms in total. The fourth-order valence-electron chi connectivity index (χ4n) is 5.83. The normalized spacial score (nSPS) is 36.0. The summed E-state index contributed by atoms with van der Waals surface area (Å²) in [6, 6.07) is 8.20. The van der Waals surface area contributed by atoms with Crippen LogP contribution in [0.25, 0.3) is 11.0 Å². The topological polar surface area (TPSA) is 43.6 Å². The Morgan fingerprint density at radius 3 is 2.81 bits per heavy atom. The monoisotopic (exact) mass is 353 g/mol. The van der Waals surface area contributed by atoms with Crippen LogP contribution in [0.4, 0.5) is 0 Å². The number of furan rings is 1. The van der Waals surface area contributed by atoms with Gasteiger partial charge in [0.15, 0.2) is 0 Å². The van der Waals surface area contributed by atoms with Crippen LogP contribution in [-0.2, 0) is 15.7 Å². The Bertz CT molecular complexity index is 834. The molecule has 4 aliphatic rings. The average Bonchev–Trinajstić information content (AvgIpc) is 3.19.